The summed E-state index contributed by atoms with van der Waals surface area (Å²) in [7, 11) is 0. The quantitative estimate of drug-likeness (QED) is 0.319. The van der Waals surface area contributed by atoms with E-state index in [0.29, 0.717) is 30.6 Å². The van der Waals surface area contributed by atoms with Crippen molar-refractivity contribution in [1.82, 2.24) is 30.1 Å². The lowest BCUT2D eigenvalue weighted by atomic mass is 10.1. The van der Waals surface area contributed by atoms with Gasteiger partial charge in [-0.15, -0.1) is 0 Å². The molecular formula is C26H25N7O2. The van der Waals surface area contributed by atoms with Crippen molar-refractivity contribution in [2.45, 2.75) is 26.2 Å². The van der Waals surface area contributed by atoms with Crippen LogP contribution < -0.4 is 10.6 Å². The van der Waals surface area contributed by atoms with Crippen LogP contribution in [0.15, 0.2) is 67.1 Å². The zero-order valence-corrected chi connectivity index (χ0v) is 19.3. The molecule has 0 saturated heterocycles. The van der Waals surface area contributed by atoms with Crippen LogP contribution in [-0.2, 0) is 11.2 Å². The van der Waals surface area contributed by atoms with Gasteiger partial charge in [0.1, 0.15) is 5.65 Å². The lowest BCUT2D eigenvalue weighted by Crippen LogP contribution is -2.25. The molecule has 35 heavy (non-hydrogen) atoms. The Morgan fingerprint density at radius 2 is 1.89 bits per heavy atom. The van der Waals surface area contributed by atoms with Gasteiger partial charge in [-0.2, -0.15) is 14.8 Å². The van der Waals surface area contributed by atoms with Gasteiger partial charge in [-0.1, -0.05) is 6.92 Å². The van der Waals surface area contributed by atoms with Crippen LogP contribution in [0.25, 0.3) is 27.7 Å². The van der Waals surface area contributed by atoms with Gasteiger partial charge in [0.05, 0.1) is 11.7 Å². The number of nitrogens with one attached hydrogen (secondary N) is 3. The summed E-state index contributed by atoms with van der Waals surface area (Å²) < 4.78 is 1.61. The van der Waals surface area contributed by atoms with E-state index in [9.17, 15) is 9.59 Å². The lowest BCUT2D eigenvalue weighted by Gasteiger charge is -2.07. The first-order valence-electron chi connectivity index (χ1n) is 11.6. The van der Waals surface area contributed by atoms with Gasteiger partial charge in [0.25, 0.3) is 5.91 Å². The Bertz CT molecular complexity index is 1500. The summed E-state index contributed by atoms with van der Waals surface area (Å²) in [6.45, 7) is 2.42. The van der Waals surface area contributed by atoms with Crippen molar-refractivity contribution in [3.63, 3.8) is 0 Å². The van der Waals surface area contributed by atoms with Crippen molar-refractivity contribution in [2.75, 3.05) is 11.9 Å². The molecule has 1 aromatic carbocycles. The summed E-state index contributed by atoms with van der Waals surface area (Å²) in [5.41, 5.74) is 5.92. The molecule has 5 rings (SSSR count). The van der Waals surface area contributed by atoms with Gasteiger partial charge in [-0.05, 0) is 60.5 Å². The Kier molecular flexibility index (Phi) is 6.21. The van der Waals surface area contributed by atoms with E-state index in [-0.39, 0.29) is 11.8 Å². The van der Waals surface area contributed by atoms with Crippen LogP contribution in [0.4, 0.5) is 5.69 Å². The van der Waals surface area contributed by atoms with Crippen molar-refractivity contribution in [3.8, 4) is 11.1 Å². The number of hydrogen-bond donors (Lipinski definition) is 3. The fourth-order valence-corrected chi connectivity index (χ4v) is 4.06. The molecule has 0 aliphatic heterocycles. The molecule has 0 aliphatic carbocycles. The van der Waals surface area contributed by atoms with E-state index in [1.54, 1.807) is 41.3 Å². The van der Waals surface area contributed by atoms with Crippen molar-refractivity contribution in [3.05, 3.63) is 78.4 Å². The molecule has 5 aromatic rings. The van der Waals surface area contributed by atoms with E-state index < -0.39 is 0 Å². The third-order valence-electron chi connectivity index (χ3n) is 5.77. The molecule has 4 aromatic heterocycles. The van der Waals surface area contributed by atoms with E-state index in [1.807, 2.05) is 31.3 Å². The number of H-pyrrole nitrogens is 1. The molecule has 3 N–H and O–H groups in total. The number of carbonyl (C=O) groups is 2. The third kappa shape index (κ3) is 4.74. The first-order chi connectivity index (χ1) is 17.1. The van der Waals surface area contributed by atoms with Gasteiger partial charge in [0.15, 0.2) is 0 Å². The summed E-state index contributed by atoms with van der Waals surface area (Å²) in [6.07, 6.45) is 7.18. The Hall–Kier alpha value is -4.53. The molecule has 0 aliphatic rings. The van der Waals surface area contributed by atoms with Crippen LogP contribution in [-0.4, -0.2) is 43.2 Å². The first-order valence-corrected chi connectivity index (χ1v) is 11.6. The second kappa shape index (κ2) is 9.76. The number of rotatable bonds is 8. The maximum absolute atomic E-state index is 12.5. The molecule has 0 fully saturated rings. The molecule has 0 radical (unpaired) electrons. The fraction of sp³-hybridized carbons (Fsp3) is 0.192. The van der Waals surface area contributed by atoms with E-state index >= 15 is 0 Å². The van der Waals surface area contributed by atoms with Crippen molar-refractivity contribution >= 4 is 34.1 Å². The van der Waals surface area contributed by atoms with Gasteiger partial charge < -0.3 is 15.6 Å². The highest BCUT2D eigenvalue weighted by Crippen LogP contribution is 2.30. The molecule has 0 atom stereocenters. The number of carbonyl (C=O) groups excluding carboxylic acids is 2. The van der Waals surface area contributed by atoms with Gasteiger partial charge in [-0.25, -0.2) is 4.98 Å². The van der Waals surface area contributed by atoms with Crippen LogP contribution in [0, 0.1) is 0 Å². The average Bonchev–Trinajstić information content (AvgIpc) is 3.48. The number of aromatic nitrogens is 5. The summed E-state index contributed by atoms with van der Waals surface area (Å²) in [6, 6.07) is 14.8. The number of hydrogen-bond acceptors (Lipinski definition) is 5. The van der Waals surface area contributed by atoms with Gasteiger partial charge >= 0.3 is 0 Å². The van der Waals surface area contributed by atoms with Crippen LogP contribution in [0.1, 0.15) is 35.8 Å². The summed E-state index contributed by atoms with van der Waals surface area (Å²) in [4.78, 5) is 32.1. The normalized spacial score (nSPS) is 11.1. The van der Waals surface area contributed by atoms with Gasteiger partial charge in [0.2, 0.25) is 5.91 Å². The van der Waals surface area contributed by atoms with E-state index in [2.05, 4.69) is 36.9 Å². The zero-order valence-electron chi connectivity index (χ0n) is 19.3. The van der Waals surface area contributed by atoms with E-state index in [0.717, 1.165) is 39.8 Å². The predicted octanol–water partition coefficient (Wildman–Crippen LogP) is 3.98. The maximum atomic E-state index is 12.5. The second-order valence-electron chi connectivity index (χ2n) is 8.25. The van der Waals surface area contributed by atoms with Crippen molar-refractivity contribution in [1.29, 1.82) is 0 Å². The Labute approximate surface area is 201 Å². The Morgan fingerprint density at radius 1 is 1.03 bits per heavy atom. The fourth-order valence-electron chi connectivity index (χ4n) is 4.06. The molecule has 176 valence electrons. The van der Waals surface area contributed by atoms with Gasteiger partial charge in [0, 0.05) is 59.7 Å². The summed E-state index contributed by atoms with van der Waals surface area (Å²) >= 11 is 0. The number of aromatic amines is 1. The highest BCUT2D eigenvalue weighted by molar-refractivity contribution is 5.98. The predicted molar refractivity (Wildman–Crippen MR) is 134 cm³/mol. The highest BCUT2D eigenvalue weighted by atomic mass is 16.2. The number of anilines is 1. The molecule has 9 heteroatoms. The van der Waals surface area contributed by atoms with Crippen molar-refractivity contribution < 1.29 is 9.59 Å². The molecule has 9 nitrogen and oxygen atoms in total. The smallest absolute Gasteiger partial charge is 0.251 e. The van der Waals surface area contributed by atoms with Gasteiger partial charge in [-0.3, -0.25) is 9.59 Å². The maximum Gasteiger partial charge on any atom is 0.251 e. The minimum absolute atomic E-state index is 0.0288. The monoisotopic (exact) mass is 467 g/mol. The number of nitrogens with zero attached hydrogens (tertiary/aromatic N) is 4. The standard InChI is InChI=1S/C26H25N7O2/c1-2-4-24(34)31-18-8-6-17(7-9-18)26(35)28-13-10-19-15-21-20(11-14-27-25(21)32-19)22-16-30-33-23(22)5-3-12-29-33/h3,5-9,11-12,14-16H,2,4,10,13H2,1H3,(H,27,32)(H,28,35)(H,31,34). The average molecular weight is 468 g/mol. The molecule has 0 unspecified atom stereocenters. The van der Waals surface area contributed by atoms with E-state index in [1.165, 1.54) is 0 Å². The van der Waals surface area contributed by atoms with Crippen LogP contribution in [0.2, 0.25) is 0 Å². The van der Waals surface area contributed by atoms with Crippen LogP contribution >= 0.6 is 0 Å². The second-order valence-corrected chi connectivity index (χ2v) is 8.25. The third-order valence-corrected chi connectivity index (χ3v) is 5.77. The summed E-state index contributed by atoms with van der Waals surface area (Å²) in [5.74, 6) is -0.191. The number of amides is 2. The molecule has 0 saturated carbocycles. The highest BCUT2D eigenvalue weighted by Gasteiger charge is 2.13. The molecule has 0 bridgehead atoms. The molecule has 0 spiro atoms. The zero-order chi connectivity index (χ0) is 24.2. The topological polar surface area (TPSA) is 117 Å². The lowest BCUT2D eigenvalue weighted by molar-refractivity contribution is -0.116. The van der Waals surface area contributed by atoms with E-state index in [4.69, 9.17) is 0 Å². The van der Waals surface area contributed by atoms with Crippen LogP contribution in [0.5, 0.6) is 0 Å². The molecule has 2 amide bonds. The molecule has 4 heterocycles. The number of benzene rings is 1. The van der Waals surface area contributed by atoms with Crippen molar-refractivity contribution in [2.24, 2.45) is 0 Å². The Balaban J connectivity index is 1.24. The molecular weight excluding hydrogens is 442 g/mol. The van der Waals surface area contributed by atoms with Crippen LogP contribution in [0.3, 0.4) is 0 Å². The first kappa shape index (κ1) is 22.3. The SMILES string of the molecule is CCCC(=O)Nc1ccc(C(=O)NCCc2cc3c(-c4cnn5ncccc45)ccnc3[nH]2)cc1. The number of fused-ring (bicyclic) bond motifs is 2. The minimum atomic E-state index is -0.162. The minimum Gasteiger partial charge on any atom is -0.352 e. The summed E-state index contributed by atoms with van der Waals surface area (Å²) in [5, 5.41) is 15.3. The Morgan fingerprint density at radius 3 is 2.71 bits per heavy atom. The largest absolute Gasteiger partial charge is 0.352 e. The number of pyridine rings is 1.